The summed E-state index contributed by atoms with van der Waals surface area (Å²) in [6.07, 6.45) is 2.02. The Bertz CT molecular complexity index is 983. The fourth-order valence-corrected chi connectivity index (χ4v) is 3.45. The van der Waals surface area contributed by atoms with Gasteiger partial charge in [-0.1, -0.05) is 30.7 Å². The van der Waals surface area contributed by atoms with Gasteiger partial charge in [-0.2, -0.15) is 0 Å². The van der Waals surface area contributed by atoms with Gasteiger partial charge in [0.2, 0.25) is 0 Å². The first-order valence-corrected chi connectivity index (χ1v) is 10.0. The molecule has 6 nitrogen and oxygen atoms in total. The first-order valence-electron chi connectivity index (χ1n) is 9.22. The molecule has 0 unspecified atom stereocenters. The Kier molecular flexibility index (Phi) is 6.60. The number of nitrogens with one attached hydrogen (secondary N) is 1. The van der Waals surface area contributed by atoms with Gasteiger partial charge < -0.3 is 9.47 Å². The number of anilines is 1. The molecule has 3 aromatic rings. The van der Waals surface area contributed by atoms with Gasteiger partial charge in [-0.3, -0.25) is 10.1 Å². The Hall–Kier alpha value is -2.93. The summed E-state index contributed by atoms with van der Waals surface area (Å²) in [5, 5.41) is 3.28. The van der Waals surface area contributed by atoms with E-state index in [0.717, 1.165) is 17.5 Å². The number of fused-ring (bicyclic) bond motifs is 1. The average molecular weight is 398 g/mol. The summed E-state index contributed by atoms with van der Waals surface area (Å²) in [4.78, 5) is 28.8. The first-order chi connectivity index (χ1) is 13.6. The van der Waals surface area contributed by atoms with Crippen LogP contribution < -0.4 is 10.1 Å². The molecule has 1 amide bonds. The molecule has 0 spiro atoms. The smallest absolute Gasteiger partial charge is 0.338 e. The van der Waals surface area contributed by atoms with Crippen LogP contribution in [-0.2, 0) is 4.74 Å². The minimum absolute atomic E-state index is 0.259. The number of hydrogen-bond acceptors (Lipinski definition) is 6. The Morgan fingerprint density at radius 3 is 2.75 bits per heavy atom. The molecular formula is C21H22N2O4S. The molecule has 1 heterocycles. The lowest BCUT2D eigenvalue weighted by atomic mass is 10.2. The van der Waals surface area contributed by atoms with Crippen LogP contribution in [0.2, 0.25) is 0 Å². The summed E-state index contributed by atoms with van der Waals surface area (Å²) in [7, 11) is 0. The summed E-state index contributed by atoms with van der Waals surface area (Å²) < 4.78 is 11.5. The van der Waals surface area contributed by atoms with Gasteiger partial charge in [0, 0.05) is 5.56 Å². The van der Waals surface area contributed by atoms with Gasteiger partial charge in [0.1, 0.15) is 5.75 Å². The zero-order valence-corrected chi connectivity index (χ0v) is 16.7. The summed E-state index contributed by atoms with van der Waals surface area (Å²) >= 11 is 1.31. The van der Waals surface area contributed by atoms with Crippen LogP contribution in [0.4, 0.5) is 5.13 Å². The lowest BCUT2D eigenvalue weighted by molar-refractivity contribution is 0.0526. The molecule has 146 valence electrons. The van der Waals surface area contributed by atoms with Crippen molar-refractivity contribution in [1.82, 2.24) is 4.98 Å². The fourth-order valence-electron chi connectivity index (χ4n) is 2.55. The monoisotopic (exact) mass is 398 g/mol. The van der Waals surface area contributed by atoms with Gasteiger partial charge in [-0.15, -0.1) is 0 Å². The zero-order chi connectivity index (χ0) is 19.9. The van der Waals surface area contributed by atoms with Crippen LogP contribution in [0.25, 0.3) is 10.2 Å². The van der Waals surface area contributed by atoms with Crippen LogP contribution in [0, 0.1) is 0 Å². The molecule has 1 N–H and O–H groups in total. The maximum atomic E-state index is 12.6. The van der Waals surface area contributed by atoms with Crippen LogP contribution in [0.5, 0.6) is 5.75 Å². The number of benzene rings is 2. The van der Waals surface area contributed by atoms with Crippen molar-refractivity contribution in [2.45, 2.75) is 26.7 Å². The van der Waals surface area contributed by atoms with E-state index >= 15 is 0 Å². The van der Waals surface area contributed by atoms with Crippen LogP contribution in [0.3, 0.4) is 0 Å². The molecule has 0 atom stereocenters. The third kappa shape index (κ3) is 4.86. The number of rotatable bonds is 8. The Labute approximate surface area is 167 Å². The standard InChI is InChI=1S/C21H22N2O4S/c1-3-5-11-27-16-8-6-7-14(12-16)19(24)23-21-22-17-10-9-15(13-18(17)28-21)20(25)26-4-2/h6-10,12-13H,3-5,11H2,1-2H3,(H,22,23,24). The van der Waals surface area contributed by atoms with Crippen molar-refractivity contribution in [3.8, 4) is 5.75 Å². The molecular weight excluding hydrogens is 376 g/mol. The van der Waals surface area contributed by atoms with Crippen molar-refractivity contribution in [1.29, 1.82) is 0 Å². The van der Waals surface area contributed by atoms with E-state index in [4.69, 9.17) is 9.47 Å². The summed E-state index contributed by atoms with van der Waals surface area (Å²) in [6.45, 7) is 4.81. The predicted molar refractivity (Wildman–Crippen MR) is 110 cm³/mol. The Balaban J connectivity index is 1.72. The lowest BCUT2D eigenvalue weighted by Gasteiger charge is -2.07. The SMILES string of the molecule is CCCCOc1cccc(C(=O)Nc2nc3ccc(C(=O)OCC)cc3s2)c1. The molecule has 0 saturated heterocycles. The quantitative estimate of drug-likeness (QED) is 0.431. The lowest BCUT2D eigenvalue weighted by Crippen LogP contribution is -2.11. The maximum Gasteiger partial charge on any atom is 0.338 e. The molecule has 0 saturated carbocycles. The third-order valence-electron chi connectivity index (χ3n) is 3.98. The van der Waals surface area contributed by atoms with E-state index in [1.54, 1.807) is 43.3 Å². The Morgan fingerprint density at radius 1 is 1.11 bits per heavy atom. The van der Waals surface area contributed by atoms with Crippen molar-refractivity contribution >= 4 is 38.6 Å². The van der Waals surface area contributed by atoms with Crippen molar-refractivity contribution in [2.24, 2.45) is 0 Å². The second kappa shape index (κ2) is 9.32. The number of nitrogens with zero attached hydrogens (tertiary/aromatic N) is 1. The van der Waals surface area contributed by atoms with E-state index in [9.17, 15) is 9.59 Å². The average Bonchev–Trinajstić information content (AvgIpc) is 3.10. The highest BCUT2D eigenvalue weighted by atomic mass is 32.1. The largest absolute Gasteiger partial charge is 0.494 e. The molecule has 1 aromatic heterocycles. The molecule has 0 aliphatic heterocycles. The molecule has 0 fully saturated rings. The Morgan fingerprint density at radius 2 is 1.96 bits per heavy atom. The number of aromatic nitrogens is 1. The number of carbonyl (C=O) groups excluding carboxylic acids is 2. The van der Waals surface area contributed by atoms with Crippen molar-refractivity contribution < 1.29 is 19.1 Å². The second-order valence-electron chi connectivity index (χ2n) is 6.11. The van der Waals surface area contributed by atoms with E-state index < -0.39 is 0 Å². The highest BCUT2D eigenvalue weighted by Gasteiger charge is 2.13. The van der Waals surface area contributed by atoms with E-state index in [-0.39, 0.29) is 11.9 Å². The predicted octanol–water partition coefficient (Wildman–Crippen LogP) is 4.90. The summed E-state index contributed by atoms with van der Waals surface area (Å²) in [5.41, 5.74) is 1.68. The second-order valence-corrected chi connectivity index (χ2v) is 7.14. The van der Waals surface area contributed by atoms with E-state index in [1.165, 1.54) is 11.3 Å². The van der Waals surface area contributed by atoms with Crippen molar-refractivity contribution in [2.75, 3.05) is 18.5 Å². The van der Waals surface area contributed by atoms with E-state index in [1.807, 2.05) is 6.07 Å². The van der Waals surface area contributed by atoms with Crippen LogP contribution in [-0.4, -0.2) is 30.1 Å². The molecule has 0 aliphatic carbocycles. The molecule has 28 heavy (non-hydrogen) atoms. The van der Waals surface area contributed by atoms with Gasteiger partial charge in [0.15, 0.2) is 5.13 Å². The number of thiazole rings is 1. The molecule has 0 radical (unpaired) electrons. The van der Waals surface area contributed by atoms with Crippen LogP contribution in [0.15, 0.2) is 42.5 Å². The molecule has 0 aliphatic rings. The topological polar surface area (TPSA) is 77.5 Å². The number of ether oxygens (including phenoxy) is 2. The van der Waals surface area contributed by atoms with Crippen LogP contribution >= 0.6 is 11.3 Å². The summed E-state index contributed by atoms with van der Waals surface area (Å²) in [6, 6.07) is 12.2. The maximum absolute atomic E-state index is 12.6. The van der Waals surface area contributed by atoms with Gasteiger partial charge in [-0.05, 0) is 49.7 Å². The number of hydrogen-bond donors (Lipinski definition) is 1. The molecule has 2 aromatic carbocycles. The molecule has 3 rings (SSSR count). The highest BCUT2D eigenvalue weighted by Crippen LogP contribution is 2.27. The zero-order valence-electron chi connectivity index (χ0n) is 15.9. The number of carbonyl (C=O) groups is 2. The normalized spacial score (nSPS) is 10.6. The number of unbranched alkanes of at least 4 members (excludes halogenated alkanes) is 1. The number of esters is 1. The first kappa shape index (κ1) is 19.8. The minimum Gasteiger partial charge on any atom is -0.494 e. The number of amides is 1. The molecule has 7 heteroatoms. The van der Waals surface area contributed by atoms with Crippen LogP contribution in [0.1, 0.15) is 47.4 Å². The van der Waals surface area contributed by atoms with E-state index in [0.29, 0.717) is 40.7 Å². The fraction of sp³-hybridized carbons (Fsp3) is 0.286. The van der Waals surface area contributed by atoms with E-state index in [2.05, 4.69) is 17.2 Å². The minimum atomic E-state index is -0.372. The van der Waals surface area contributed by atoms with Gasteiger partial charge in [0.25, 0.3) is 5.91 Å². The van der Waals surface area contributed by atoms with Gasteiger partial charge in [0.05, 0.1) is 29.0 Å². The van der Waals surface area contributed by atoms with Crippen molar-refractivity contribution in [3.63, 3.8) is 0 Å². The van der Waals surface area contributed by atoms with Gasteiger partial charge in [-0.25, -0.2) is 9.78 Å². The highest BCUT2D eigenvalue weighted by molar-refractivity contribution is 7.22. The van der Waals surface area contributed by atoms with Crippen molar-refractivity contribution in [3.05, 3.63) is 53.6 Å². The third-order valence-corrected chi connectivity index (χ3v) is 4.92. The molecule has 0 bridgehead atoms. The summed E-state index contributed by atoms with van der Waals surface area (Å²) in [5.74, 6) is 0.0402. The van der Waals surface area contributed by atoms with Gasteiger partial charge >= 0.3 is 5.97 Å².